The number of ether oxygens (including phenoxy) is 1. The van der Waals surface area contributed by atoms with Gasteiger partial charge in [0.1, 0.15) is 5.60 Å². The lowest BCUT2D eigenvalue weighted by atomic mass is 10.1. The molecule has 3 rings (SSSR count). The first-order chi connectivity index (χ1) is 11.5. The Hall–Kier alpha value is -2.50. The van der Waals surface area contributed by atoms with E-state index in [0.717, 1.165) is 17.7 Å². The molecule has 3 aromatic rings. The highest BCUT2D eigenvalue weighted by Gasteiger charge is 2.31. The van der Waals surface area contributed by atoms with Crippen LogP contribution in [0.3, 0.4) is 0 Å². The fourth-order valence-electron chi connectivity index (χ4n) is 2.82. The zero-order chi connectivity index (χ0) is 18.6. The molecular formula is C19H18F3NO2. The smallest absolute Gasteiger partial charge is 0.419 e. The number of benzene rings is 2. The van der Waals surface area contributed by atoms with Crippen LogP contribution >= 0.6 is 0 Å². The molecule has 1 heterocycles. The molecule has 3 nitrogen and oxygen atoms in total. The average Bonchev–Trinajstić information content (AvgIpc) is 2.77. The lowest BCUT2D eigenvalue weighted by Crippen LogP contribution is -2.27. The van der Waals surface area contributed by atoms with Crippen molar-refractivity contribution in [1.82, 2.24) is 4.57 Å². The number of halogens is 3. The number of carbonyl (C=O) groups is 1. The molecule has 0 bridgehead atoms. The van der Waals surface area contributed by atoms with E-state index in [2.05, 4.69) is 0 Å². The van der Waals surface area contributed by atoms with E-state index in [1.54, 1.807) is 32.9 Å². The Morgan fingerprint density at radius 3 is 2.08 bits per heavy atom. The molecule has 0 unspecified atom stereocenters. The molecule has 0 aliphatic heterocycles. The molecule has 0 atom stereocenters. The molecule has 0 spiro atoms. The molecule has 6 heteroatoms. The highest BCUT2D eigenvalue weighted by Crippen LogP contribution is 2.36. The largest absolute Gasteiger partial charge is 0.443 e. The first kappa shape index (κ1) is 17.3. The topological polar surface area (TPSA) is 31.2 Å². The molecule has 0 saturated heterocycles. The van der Waals surface area contributed by atoms with E-state index in [-0.39, 0.29) is 0 Å². The van der Waals surface area contributed by atoms with Crippen molar-refractivity contribution in [3.05, 3.63) is 47.5 Å². The SMILES string of the molecule is Cc1ccc2c(c1)c1cc(C(F)(F)F)ccc1n2C(=O)OC(C)(C)C. The zero-order valence-corrected chi connectivity index (χ0v) is 14.4. The summed E-state index contributed by atoms with van der Waals surface area (Å²) >= 11 is 0. The van der Waals surface area contributed by atoms with Gasteiger partial charge in [-0.25, -0.2) is 9.36 Å². The van der Waals surface area contributed by atoms with E-state index in [1.807, 2.05) is 13.0 Å². The van der Waals surface area contributed by atoms with Crippen molar-refractivity contribution >= 4 is 27.9 Å². The molecule has 132 valence electrons. The molecule has 0 saturated carbocycles. The van der Waals surface area contributed by atoms with Crippen LogP contribution in [0.5, 0.6) is 0 Å². The van der Waals surface area contributed by atoms with Gasteiger partial charge in [0.25, 0.3) is 0 Å². The van der Waals surface area contributed by atoms with Crippen LogP contribution in [0.25, 0.3) is 21.8 Å². The normalized spacial score (nSPS) is 12.8. The van der Waals surface area contributed by atoms with Crippen LogP contribution in [-0.4, -0.2) is 16.3 Å². The summed E-state index contributed by atoms with van der Waals surface area (Å²) in [5.41, 5.74) is 0.353. The Kier molecular flexibility index (Phi) is 3.82. The van der Waals surface area contributed by atoms with E-state index in [4.69, 9.17) is 4.74 Å². The number of rotatable bonds is 0. The Balaban J connectivity index is 2.33. The van der Waals surface area contributed by atoms with Crippen LogP contribution in [0.2, 0.25) is 0 Å². The van der Waals surface area contributed by atoms with E-state index in [1.165, 1.54) is 10.6 Å². The van der Waals surface area contributed by atoms with E-state index in [9.17, 15) is 18.0 Å². The standard InChI is InChI=1S/C19H18F3NO2/c1-11-5-7-15-13(9-11)14-10-12(19(20,21)22)6-8-16(14)23(15)17(24)25-18(2,3)4/h5-10H,1-4H3. The number of aromatic nitrogens is 1. The number of fused-ring (bicyclic) bond motifs is 3. The number of nitrogens with zero attached hydrogens (tertiary/aromatic N) is 1. The summed E-state index contributed by atoms with van der Waals surface area (Å²) in [6.07, 6.45) is -5.06. The van der Waals surface area contributed by atoms with Crippen molar-refractivity contribution in [3.63, 3.8) is 0 Å². The second-order valence-corrected chi connectivity index (χ2v) is 7.07. The van der Waals surface area contributed by atoms with Gasteiger partial charge in [-0.05, 0) is 58.0 Å². The molecule has 0 N–H and O–H groups in total. The first-order valence-corrected chi connectivity index (χ1v) is 7.83. The van der Waals surface area contributed by atoms with E-state index in [0.29, 0.717) is 21.8 Å². The van der Waals surface area contributed by atoms with Gasteiger partial charge in [-0.1, -0.05) is 11.6 Å². The molecular weight excluding hydrogens is 331 g/mol. The van der Waals surface area contributed by atoms with Crippen molar-refractivity contribution in [1.29, 1.82) is 0 Å². The number of aryl methyl sites for hydroxylation is 1. The number of carbonyl (C=O) groups excluding carboxylic acids is 1. The second-order valence-electron chi connectivity index (χ2n) is 7.07. The van der Waals surface area contributed by atoms with E-state index < -0.39 is 23.4 Å². The molecule has 2 aromatic carbocycles. The molecule has 0 aliphatic rings. The third-order valence-corrected chi connectivity index (χ3v) is 3.82. The molecule has 1 aromatic heterocycles. The summed E-state index contributed by atoms with van der Waals surface area (Å²) in [7, 11) is 0. The summed E-state index contributed by atoms with van der Waals surface area (Å²) in [4.78, 5) is 12.6. The highest BCUT2D eigenvalue weighted by atomic mass is 19.4. The van der Waals surface area contributed by atoms with Gasteiger partial charge >= 0.3 is 12.3 Å². The van der Waals surface area contributed by atoms with E-state index >= 15 is 0 Å². The second kappa shape index (κ2) is 5.51. The third kappa shape index (κ3) is 3.21. The monoisotopic (exact) mass is 349 g/mol. The summed E-state index contributed by atoms with van der Waals surface area (Å²) < 4.78 is 46.0. The number of hydrogen-bond acceptors (Lipinski definition) is 2. The van der Waals surface area contributed by atoms with Crippen LogP contribution in [0, 0.1) is 6.92 Å². The summed E-state index contributed by atoms with van der Waals surface area (Å²) in [5.74, 6) is 0. The average molecular weight is 349 g/mol. The molecule has 0 fully saturated rings. The fraction of sp³-hybridized carbons (Fsp3) is 0.316. The third-order valence-electron chi connectivity index (χ3n) is 3.82. The Bertz CT molecular complexity index is 978. The van der Waals surface area contributed by atoms with Crippen molar-refractivity contribution in [3.8, 4) is 0 Å². The number of alkyl halides is 3. The van der Waals surface area contributed by atoms with Gasteiger partial charge in [0, 0.05) is 10.8 Å². The van der Waals surface area contributed by atoms with Crippen LogP contribution in [0.1, 0.15) is 31.9 Å². The maximum Gasteiger partial charge on any atom is 0.419 e. The minimum atomic E-state index is -4.45. The summed E-state index contributed by atoms with van der Waals surface area (Å²) in [6, 6.07) is 8.69. The highest BCUT2D eigenvalue weighted by molar-refractivity contribution is 6.12. The van der Waals surface area contributed by atoms with Gasteiger partial charge in [0.15, 0.2) is 0 Å². The minimum absolute atomic E-state index is 0.374. The van der Waals surface area contributed by atoms with Crippen molar-refractivity contribution < 1.29 is 22.7 Å². The molecule has 0 amide bonds. The van der Waals surface area contributed by atoms with Crippen molar-refractivity contribution in [2.24, 2.45) is 0 Å². The van der Waals surface area contributed by atoms with Gasteiger partial charge in [-0.3, -0.25) is 0 Å². The summed E-state index contributed by atoms with van der Waals surface area (Å²) in [5, 5.41) is 0.964. The first-order valence-electron chi connectivity index (χ1n) is 7.83. The van der Waals surface area contributed by atoms with Crippen LogP contribution in [0.4, 0.5) is 18.0 Å². The van der Waals surface area contributed by atoms with Gasteiger partial charge in [-0.2, -0.15) is 13.2 Å². The lowest BCUT2D eigenvalue weighted by Gasteiger charge is -2.20. The fourth-order valence-corrected chi connectivity index (χ4v) is 2.82. The van der Waals surface area contributed by atoms with Crippen molar-refractivity contribution in [2.45, 2.75) is 39.5 Å². The van der Waals surface area contributed by atoms with Gasteiger partial charge < -0.3 is 4.74 Å². The van der Waals surface area contributed by atoms with Gasteiger partial charge in [-0.15, -0.1) is 0 Å². The minimum Gasteiger partial charge on any atom is -0.443 e. The Morgan fingerprint density at radius 1 is 0.960 bits per heavy atom. The maximum absolute atomic E-state index is 13.1. The van der Waals surface area contributed by atoms with Crippen LogP contribution in [-0.2, 0) is 10.9 Å². The number of hydrogen-bond donors (Lipinski definition) is 0. The Labute approximate surface area is 143 Å². The molecule has 0 aliphatic carbocycles. The van der Waals surface area contributed by atoms with Gasteiger partial charge in [0.05, 0.1) is 16.6 Å². The predicted molar refractivity (Wildman–Crippen MR) is 90.8 cm³/mol. The summed E-state index contributed by atoms with van der Waals surface area (Å²) in [6.45, 7) is 7.07. The Morgan fingerprint density at radius 2 is 1.52 bits per heavy atom. The van der Waals surface area contributed by atoms with Crippen molar-refractivity contribution in [2.75, 3.05) is 0 Å². The molecule has 25 heavy (non-hydrogen) atoms. The lowest BCUT2D eigenvalue weighted by molar-refractivity contribution is -0.137. The zero-order valence-electron chi connectivity index (χ0n) is 14.4. The van der Waals surface area contributed by atoms with Crippen LogP contribution < -0.4 is 0 Å². The maximum atomic E-state index is 13.1. The molecule has 0 radical (unpaired) electrons. The van der Waals surface area contributed by atoms with Gasteiger partial charge in [0.2, 0.25) is 0 Å². The van der Waals surface area contributed by atoms with Crippen LogP contribution in [0.15, 0.2) is 36.4 Å². The predicted octanol–water partition coefficient (Wildman–Crippen LogP) is 5.90. The quantitative estimate of drug-likeness (QED) is 0.505.